The van der Waals surface area contributed by atoms with E-state index in [9.17, 15) is 13.8 Å². The van der Waals surface area contributed by atoms with Crippen molar-refractivity contribution in [3.63, 3.8) is 0 Å². The summed E-state index contributed by atoms with van der Waals surface area (Å²) in [6, 6.07) is 22.1. The summed E-state index contributed by atoms with van der Waals surface area (Å²) in [5.74, 6) is 0.566. The Labute approximate surface area is 221 Å². The van der Waals surface area contributed by atoms with E-state index in [1.54, 1.807) is 48.8 Å². The van der Waals surface area contributed by atoms with Gasteiger partial charge in [0, 0.05) is 23.8 Å². The fourth-order valence-electron chi connectivity index (χ4n) is 3.64. The molecule has 0 bridgehead atoms. The van der Waals surface area contributed by atoms with Crippen molar-refractivity contribution in [3.05, 3.63) is 108 Å². The smallest absolute Gasteiger partial charge is 0.411 e. The Bertz CT molecular complexity index is 1400. The minimum atomic E-state index is -1.85. The van der Waals surface area contributed by atoms with Gasteiger partial charge in [0.15, 0.2) is 11.0 Å². The molecule has 1 aromatic heterocycles. The zero-order valence-corrected chi connectivity index (χ0v) is 21.3. The van der Waals surface area contributed by atoms with Crippen LogP contribution in [0.15, 0.2) is 96.2 Å². The Morgan fingerprint density at radius 3 is 2.43 bits per heavy atom. The Morgan fingerprint density at radius 2 is 1.73 bits per heavy atom. The number of halogens is 1. The number of urea groups is 1. The van der Waals surface area contributed by atoms with Gasteiger partial charge in [0.2, 0.25) is 0 Å². The maximum atomic E-state index is 12.9. The van der Waals surface area contributed by atoms with Crippen molar-refractivity contribution in [1.82, 2.24) is 19.6 Å². The van der Waals surface area contributed by atoms with Crippen molar-refractivity contribution >= 4 is 40.4 Å². The highest BCUT2D eigenvalue weighted by Crippen LogP contribution is 2.23. The molecule has 37 heavy (non-hydrogen) atoms. The molecule has 190 valence electrons. The number of methoxy groups -OCH3 is 1. The molecule has 4 aromatic rings. The lowest BCUT2D eigenvalue weighted by Crippen LogP contribution is -2.40. The SMILES string of the molecule is COC(=O)Nc1ccc(-n2ccnc2C(Cc2ccccc2)NC(=O)NS(=O)c2ccccc2Cl)cc1. The van der Waals surface area contributed by atoms with Gasteiger partial charge in [-0.15, -0.1) is 0 Å². The number of nitrogens with zero attached hydrogens (tertiary/aromatic N) is 2. The number of carbonyl (C=O) groups excluding carboxylic acids is 2. The monoisotopic (exact) mass is 537 g/mol. The van der Waals surface area contributed by atoms with Crippen LogP contribution in [0.3, 0.4) is 0 Å². The van der Waals surface area contributed by atoms with E-state index in [2.05, 4.69) is 25.1 Å². The summed E-state index contributed by atoms with van der Waals surface area (Å²) in [5.41, 5.74) is 2.31. The highest BCUT2D eigenvalue weighted by molar-refractivity contribution is 7.83. The predicted octanol–water partition coefficient (Wildman–Crippen LogP) is 5.01. The molecule has 0 spiro atoms. The molecule has 3 amide bonds. The van der Waals surface area contributed by atoms with Crippen molar-refractivity contribution in [2.24, 2.45) is 0 Å². The largest absolute Gasteiger partial charge is 0.453 e. The van der Waals surface area contributed by atoms with E-state index >= 15 is 0 Å². The maximum absolute atomic E-state index is 12.9. The van der Waals surface area contributed by atoms with E-state index < -0.39 is 29.2 Å². The average molecular weight is 538 g/mol. The standard InChI is InChI=1S/C26H24ClN5O4S/c1-36-26(34)29-19-11-13-20(14-12-19)32-16-15-28-24(32)22(17-18-7-3-2-4-8-18)30-25(33)31-37(35)23-10-6-5-9-21(23)27/h2-16,22H,17H2,1H3,(H,29,34)(H2,30,31,33). The van der Waals surface area contributed by atoms with Crippen molar-refractivity contribution in [3.8, 4) is 5.69 Å². The maximum Gasteiger partial charge on any atom is 0.411 e. The van der Waals surface area contributed by atoms with Gasteiger partial charge >= 0.3 is 12.1 Å². The van der Waals surface area contributed by atoms with Crippen LogP contribution in [0.1, 0.15) is 17.4 Å². The van der Waals surface area contributed by atoms with Crippen LogP contribution in [0, 0.1) is 0 Å². The third-order valence-corrected chi connectivity index (χ3v) is 6.94. The number of rotatable bonds is 8. The van der Waals surface area contributed by atoms with Gasteiger partial charge in [-0.25, -0.2) is 18.8 Å². The second-order valence-corrected chi connectivity index (χ2v) is 9.42. The average Bonchev–Trinajstić information content (AvgIpc) is 3.39. The number of carbonyl (C=O) groups is 2. The molecule has 0 saturated carbocycles. The van der Waals surface area contributed by atoms with Gasteiger partial charge in [-0.2, -0.15) is 0 Å². The number of aromatic nitrogens is 2. The first kappa shape index (κ1) is 25.9. The molecular formula is C26H24ClN5O4S. The van der Waals surface area contributed by atoms with Crippen LogP contribution in [0.4, 0.5) is 15.3 Å². The van der Waals surface area contributed by atoms with Crippen molar-refractivity contribution < 1.29 is 18.5 Å². The van der Waals surface area contributed by atoms with Crippen LogP contribution < -0.4 is 15.4 Å². The number of ether oxygens (including phenoxy) is 1. The zero-order valence-electron chi connectivity index (χ0n) is 19.8. The van der Waals surface area contributed by atoms with E-state index in [1.165, 1.54) is 7.11 Å². The van der Waals surface area contributed by atoms with Gasteiger partial charge in [0.05, 0.1) is 23.1 Å². The van der Waals surface area contributed by atoms with Crippen molar-refractivity contribution in [2.45, 2.75) is 17.4 Å². The number of hydrogen-bond donors (Lipinski definition) is 3. The highest BCUT2D eigenvalue weighted by atomic mass is 35.5. The minimum Gasteiger partial charge on any atom is -0.453 e. The number of nitrogens with one attached hydrogen (secondary N) is 3. The van der Waals surface area contributed by atoms with Gasteiger partial charge in [0.1, 0.15) is 5.82 Å². The summed E-state index contributed by atoms with van der Waals surface area (Å²) >= 11 is 6.12. The highest BCUT2D eigenvalue weighted by Gasteiger charge is 2.22. The zero-order chi connectivity index (χ0) is 26.2. The Hall–Kier alpha value is -4.15. The molecule has 0 aliphatic heterocycles. The molecule has 9 nitrogen and oxygen atoms in total. The van der Waals surface area contributed by atoms with Crippen molar-refractivity contribution in [1.29, 1.82) is 0 Å². The van der Waals surface area contributed by atoms with Gasteiger partial charge in [0.25, 0.3) is 0 Å². The Morgan fingerprint density at radius 1 is 1.03 bits per heavy atom. The third kappa shape index (κ3) is 6.75. The third-order valence-electron chi connectivity index (χ3n) is 5.37. The molecule has 4 rings (SSSR count). The van der Waals surface area contributed by atoms with E-state index in [4.69, 9.17) is 11.6 Å². The molecule has 2 unspecified atom stereocenters. The molecule has 0 aliphatic rings. The summed E-state index contributed by atoms with van der Waals surface area (Å²) < 4.78 is 21.6. The molecule has 0 saturated heterocycles. The first-order valence-electron chi connectivity index (χ1n) is 11.2. The van der Waals surface area contributed by atoms with Gasteiger partial charge in [-0.3, -0.25) is 10.0 Å². The molecule has 11 heteroatoms. The van der Waals surface area contributed by atoms with Crippen LogP contribution in [0.2, 0.25) is 5.02 Å². The van der Waals surface area contributed by atoms with E-state index in [0.717, 1.165) is 11.3 Å². The van der Waals surface area contributed by atoms with Crippen LogP contribution in [-0.2, 0) is 22.1 Å². The number of hydrogen-bond acceptors (Lipinski definition) is 5. The second-order valence-electron chi connectivity index (χ2n) is 7.84. The lowest BCUT2D eigenvalue weighted by molar-refractivity contribution is 0.187. The molecule has 3 aromatic carbocycles. The summed E-state index contributed by atoms with van der Waals surface area (Å²) in [4.78, 5) is 29.2. The molecule has 2 atom stereocenters. The lowest BCUT2D eigenvalue weighted by Gasteiger charge is -2.20. The lowest BCUT2D eigenvalue weighted by atomic mass is 10.1. The van der Waals surface area contributed by atoms with E-state index in [0.29, 0.717) is 27.9 Å². The normalized spacial score (nSPS) is 12.3. The molecular weight excluding hydrogens is 514 g/mol. The number of amides is 3. The van der Waals surface area contributed by atoms with Crippen molar-refractivity contribution in [2.75, 3.05) is 12.4 Å². The van der Waals surface area contributed by atoms with E-state index in [1.807, 2.05) is 47.0 Å². The van der Waals surface area contributed by atoms with Gasteiger partial charge < -0.3 is 14.6 Å². The topological polar surface area (TPSA) is 114 Å². The Balaban J connectivity index is 1.57. The second kappa shape index (κ2) is 12.2. The first-order valence-corrected chi connectivity index (χ1v) is 12.7. The molecule has 0 aliphatic carbocycles. The fourth-order valence-corrected chi connectivity index (χ4v) is 4.77. The van der Waals surface area contributed by atoms with Gasteiger partial charge in [-0.05, 0) is 48.4 Å². The quantitative estimate of drug-likeness (QED) is 0.292. The molecule has 3 N–H and O–H groups in total. The van der Waals surface area contributed by atoms with Gasteiger partial charge in [-0.1, -0.05) is 54.1 Å². The summed E-state index contributed by atoms with van der Waals surface area (Å²) in [7, 11) is -0.557. The summed E-state index contributed by atoms with van der Waals surface area (Å²) in [5, 5.41) is 5.80. The number of benzene rings is 3. The first-order chi connectivity index (χ1) is 17.9. The van der Waals surface area contributed by atoms with Crippen LogP contribution in [0.5, 0.6) is 0 Å². The Kier molecular flexibility index (Phi) is 8.55. The minimum absolute atomic E-state index is 0.294. The summed E-state index contributed by atoms with van der Waals surface area (Å²) in [6.07, 6.45) is 3.28. The molecule has 0 radical (unpaired) electrons. The molecule has 0 fully saturated rings. The van der Waals surface area contributed by atoms with Crippen LogP contribution >= 0.6 is 11.6 Å². The molecule has 1 heterocycles. The van der Waals surface area contributed by atoms with Crippen LogP contribution in [-0.4, -0.2) is 33.0 Å². The number of anilines is 1. The predicted molar refractivity (Wildman–Crippen MR) is 142 cm³/mol. The fraction of sp³-hybridized carbons (Fsp3) is 0.115. The summed E-state index contributed by atoms with van der Waals surface area (Å²) in [6.45, 7) is 0. The number of imidazole rings is 1. The van der Waals surface area contributed by atoms with E-state index in [-0.39, 0.29) is 0 Å². The van der Waals surface area contributed by atoms with Crippen LogP contribution in [0.25, 0.3) is 5.69 Å².